The molecule has 2 aromatic carbocycles. The van der Waals surface area contributed by atoms with Crippen LogP contribution >= 0.6 is 11.8 Å². The fourth-order valence-electron chi connectivity index (χ4n) is 3.33. The third-order valence-corrected chi connectivity index (χ3v) is 5.79. The van der Waals surface area contributed by atoms with Crippen molar-refractivity contribution in [3.63, 3.8) is 0 Å². The molecule has 7 heteroatoms. The van der Waals surface area contributed by atoms with Crippen LogP contribution in [-0.4, -0.2) is 36.8 Å². The van der Waals surface area contributed by atoms with E-state index in [1.165, 1.54) is 10.5 Å². The second-order valence-corrected chi connectivity index (χ2v) is 8.36. The molecule has 6 nitrogen and oxygen atoms in total. The van der Waals surface area contributed by atoms with Gasteiger partial charge in [-0.15, -0.1) is 22.0 Å². The molecule has 0 radical (unpaired) electrons. The van der Waals surface area contributed by atoms with Crippen LogP contribution in [0.25, 0.3) is 16.9 Å². The molecule has 30 heavy (non-hydrogen) atoms. The molecule has 0 aliphatic rings. The van der Waals surface area contributed by atoms with E-state index in [1.807, 2.05) is 46.3 Å². The Morgan fingerprint density at radius 2 is 1.83 bits per heavy atom. The first kappa shape index (κ1) is 20.4. The Labute approximate surface area is 181 Å². The van der Waals surface area contributed by atoms with E-state index in [4.69, 9.17) is 5.10 Å². The van der Waals surface area contributed by atoms with Crippen LogP contribution in [0.4, 0.5) is 0 Å². The van der Waals surface area contributed by atoms with Crippen molar-refractivity contribution in [1.29, 1.82) is 0 Å². The first-order valence-corrected chi connectivity index (χ1v) is 11.1. The van der Waals surface area contributed by atoms with Gasteiger partial charge >= 0.3 is 0 Å². The minimum atomic E-state index is 0.742. The molecular formula is C23H26N6S. The summed E-state index contributed by atoms with van der Waals surface area (Å²) in [6.45, 7) is 3.74. The van der Waals surface area contributed by atoms with Crippen LogP contribution in [0.15, 0.2) is 72.0 Å². The van der Waals surface area contributed by atoms with Gasteiger partial charge < -0.3 is 9.88 Å². The predicted molar refractivity (Wildman–Crippen MR) is 122 cm³/mol. The molecule has 0 fully saturated rings. The van der Waals surface area contributed by atoms with Crippen LogP contribution in [-0.2, 0) is 20.0 Å². The summed E-state index contributed by atoms with van der Waals surface area (Å²) in [4.78, 5) is 1.28. The summed E-state index contributed by atoms with van der Waals surface area (Å²) in [5, 5.41) is 16.5. The van der Waals surface area contributed by atoms with Crippen LogP contribution in [0.1, 0.15) is 18.3 Å². The van der Waals surface area contributed by atoms with Crippen molar-refractivity contribution in [2.24, 2.45) is 7.05 Å². The van der Waals surface area contributed by atoms with Gasteiger partial charge in [0.1, 0.15) is 12.2 Å². The average Bonchev–Trinajstić information content (AvgIpc) is 3.39. The monoisotopic (exact) mass is 418 g/mol. The molecule has 0 unspecified atom stereocenters. The third-order valence-electron chi connectivity index (χ3n) is 4.90. The maximum atomic E-state index is 4.91. The van der Waals surface area contributed by atoms with E-state index < -0.39 is 0 Å². The maximum absolute atomic E-state index is 4.91. The van der Waals surface area contributed by atoms with Gasteiger partial charge in [-0.25, -0.2) is 4.68 Å². The van der Waals surface area contributed by atoms with Gasteiger partial charge in [0.2, 0.25) is 0 Å². The molecule has 1 N–H and O–H groups in total. The highest BCUT2D eigenvalue weighted by Crippen LogP contribution is 2.26. The van der Waals surface area contributed by atoms with E-state index in [9.17, 15) is 0 Å². The topological polar surface area (TPSA) is 60.6 Å². The quantitative estimate of drug-likeness (QED) is 0.327. The normalized spacial score (nSPS) is 11.1. The lowest BCUT2D eigenvalue weighted by molar-refractivity contribution is 0.654. The largest absolute Gasteiger partial charge is 0.321 e. The molecule has 0 bridgehead atoms. The first-order valence-electron chi connectivity index (χ1n) is 10.2. The summed E-state index contributed by atoms with van der Waals surface area (Å²) >= 11 is 1.85. The minimum absolute atomic E-state index is 0.742. The Hall–Kier alpha value is -2.90. The number of thioether (sulfide) groups is 1. The highest BCUT2D eigenvalue weighted by atomic mass is 32.2. The standard InChI is InChI=1S/C23H26N6S/c1-3-30-21-11-9-18(10-12-21)23-19(15-24-14-13-22-26-25-17-28(22)2)16-29(27-23)20-7-5-4-6-8-20/h4-12,16-17,24H,3,13-15H2,1-2H3. The van der Waals surface area contributed by atoms with Crippen molar-refractivity contribution in [3.8, 4) is 16.9 Å². The zero-order valence-corrected chi connectivity index (χ0v) is 18.1. The molecule has 0 aliphatic heterocycles. The van der Waals surface area contributed by atoms with Gasteiger partial charge in [-0.1, -0.05) is 37.3 Å². The number of nitrogens with zero attached hydrogens (tertiary/aromatic N) is 5. The average molecular weight is 419 g/mol. The molecule has 2 aromatic heterocycles. The van der Waals surface area contributed by atoms with Crippen LogP contribution in [0, 0.1) is 0 Å². The summed E-state index contributed by atoms with van der Waals surface area (Å²) in [7, 11) is 1.97. The highest BCUT2D eigenvalue weighted by molar-refractivity contribution is 7.99. The van der Waals surface area contributed by atoms with Gasteiger partial charge in [0.05, 0.1) is 11.4 Å². The van der Waals surface area contributed by atoms with Crippen molar-refractivity contribution in [1.82, 2.24) is 29.9 Å². The van der Waals surface area contributed by atoms with Gasteiger partial charge in [0.25, 0.3) is 0 Å². The molecule has 4 rings (SSSR count). The zero-order valence-electron chi connectivity index (χ0n) is 17.3. The SMILES string of the molecule is CCSc1ccc(-c2nn(-c3ccccc3)cc2CNCCc2nncn2C)cc1. The molecule has 0 saturated heterocycles. The minimum Gasteiger partial charge on any atom is -0.321 e. The molecule has 4 aromatic rings. The summed E-state index contributed by atoms with van der Waals surface area (Å²) in [6.07, 6.45) is 4.69. The van der Waals surface area contributed by atoms with Gasteiger partial charge in [-0.3, -0.25) is 0 Å². The van der Waals surface area contributed by atoms with Crippen LogP contribution in [0.2, 0.25) is 0 Å². The van der Waals surface area contributed by atoms with Crippen LogP contribution in [0.3, 0.4) is 0 Å². The molecule has 2 heterocycles. The Kier molecular flexibility index (Phi) is 6.61. The number of aromatic nitrogens is 5. The third kappa shape index (κ3) is 4.80. The molecule has 0 saturated carbocycles. The number of aryl methyl sites for hydroxylation is 1. The van der Waals surface area contributed by atoms with Gasteiger partial charge in [0, 0.05) is 48.8 Å². The van der Waals surface area contributed by atoms with Crippen molar-refractivity contribution in [3.05, 3.63) is 78.5 Å². The lowest BCUT2D eigenvalue weighted by atomic mass is 10.1. The number of nitrogens with one attached hydrogen (secondary N) is 1. The maximum Gasteiger partial charge on any atom is 0.133 e. The molecule has 0 spiro atoms. The number of rotatable bonds is 9. The van der Waals surface area contributed by atoms with E-state index in [1.54, 1.807) is 6.33 Å². The van der Waals surface area contributed by atoms with E-state index in [-0.39, 0.29) is 0 Å². The fraction of sp³-hybridized carbons (Fsp3) is 0.261. The lowest BCUT2D eigenvalue weighted by Crippen LogP contribution is -2.18. The Morgan fingerprint density at radius 3 is 2.53 bits per heavy atom. The lowest BCUT2D eigenvalue weighted by Gasteiger charge is -2.06. The van der Waals surface area contributed by atoms with Gasteiger partial charge in [-0.2, -0.15) is 5.10 Å². The molecular weight excluding hydrogens is 392 g/mol. The number of hydrogen-bond acceptors (Lipinski definition) is 5. The Morgan fingerprint density at radius 1 is 1.03 bits per heavy atom. The number of para-hydroxylation sites is 1. The van der Waals surface area contributed by atoms with Crippen molar-refractivity contribution >= 4 is 11.8 Å². The van der Waals surface area contributed by atoms with Gasteiger partial charge in [0.15, 0.2) is 0 Å². The fourth-order valence-corrected chi connectivity index (χ4v) is 3.99. The number of hydrogen-bond donors (Lipinski definition) is 1. The van der Waals surface area contributed by atoms with Crippen LogP contribution in [0.5, 0.6) is 0 Å². The van der Waals surface area contributed by atoms with E-state index in [0.29, 0.717) is 0 Å². The summed E-state index contributed by atoms with van der Waals surface area (Å²) in [5.41, 5.74) is 4.38. The Bertz CT molecular complexity index is 1070. The van der Waals surface area contributed by atoms with Crippen molar-refractivity contribution in [2.45, 2.75) is 24.8 Å². The van der Waals surface area contributed by atoms with Gasteiger partial charge in [-0.05, 0) is 30.0 Å². The summed E-state index contributed by atoms with van der Waals surface area (Å²) in [5.74, 6) is 2.05. The number of benzene rings is 2. The summed E-state index contributed by atoms with van der Waals surface area (Å²) in [6, 6.07) is 18.9. The molecule has 154 valence electrons. The van der Waals surface area contributed by atoms with Crippen molar-refractivity contribution in [2.75, 3.05) is 12.3 Å². The van der Waals surface area contributed by atoms with E-state index >= 15 is 0 Å². The molecule has 0 aliphatic carbocycles. The smallest absolute Gasteiger partial charge is 0.133 e. The first-order chi connectivity index (χ1) is 14.7. The molecule has 0 atom stereocenters. The molecule has 0 amide bonds. The zero-order chi connectivity index (χ0) is 20.8. The highest BCUT2D eigenvalue weighted by Gasteiger charge is 2.12. The van der Waals surface area contributed by atoms with E-state index in [0.717, 1.165) is 48.0 Å². The second-order valence-electron chi connectivity index (χ2n) is 7.03. The summed E-state index contributed by atoms with van der Waals surface area (Å²) < 4.78 is 3.92. The predicted octanol–water partition coefficient (Wildman–Crippen LogP) is 4.11. The van der Waals surface area contributed by atoms with Crippen LogP contribution < -0.4 is 5.32 Å². The Balaban J connectivity index is 1.54. The van der Waals surface area contributed by atoms with E-state index in [2.05, 4.69) is 65.0 Å². The van der Waals surface area contributed by atoms with Crippen molar-refractivity contribution < 1.29 is 0 Å². The second kappa shape index (κ2) is 9.73.